The van der Waals surface area contributed by atoms with E-state index in [4.69, 9.17) is 5.73 Å². The Bertz CT molecular complexity index is 717. The number of thioether (sulfide) groups is 1. The molecular weight excluding hydrogens is 333 g/mol. The van der Waals surface area contributed by atoms with Crippen LogP contribution in [0.1, 0.15) is 19.2 Å². The highest BCUT2D eigenvalue weighted by Crippen LogP contribution is 2.18. The van der Waals surface area contributed by atoms with E-state index in [0.29, 0.717) is 29.6 Å². The Labute approximate surface area is 142 Å². The molecule has 2 amide bonds. The van der Waals surface area contributed by atoms with Crippen molar-refractivity contribution in [2.24, 2.45) is 5.73 Å². The van der Waals surface area contributed by atoms with Crippen molar-refractivity contribution in [3.05, 3.63) is 35.9 Å². The molecule has 2 aromatic rings. The van der Waals surface area contributed by atoms with Crippen molar-refractivity contribution >= 4 is 29.3 Å². The third kappa shape index (κ3) is 5.05. The summed E-state index contributed by atoms with van der Waals surface area (Å²) in [6.07, 6.45) is 0.617. The number of nitrogens with two attached hydrogens (primary N) is 1. The number of halogens is 1. The fourth-order valence-electron chi connectivity index (χ4n) is 2.02. The molecule has 1 aromatic carbocycles. The number of aryl methyl sites for hydroxylation is 1. The molecule has 0 fully saturated rings. The first-order valence-corrected chi connectivity index (χ1v) is 8.36. The van der Waals surface area contributed by atoms with Gasteiger partial charge in [-0.25, -0.2) is 4.39 Å². The summed E-state index contributed by atoms with van der Waals surface area (Å²) < 4.78 is 14.7. The lowest BCUT2D eigenvalue weighted by Crippen LogP contribution is -2.15. The minimum absolute atomic E-state index is 0.144. The SMILES string of the molecule is CCn1c(CCC(N)=O)nnc1SCC(=O)Nc1ccc(F)cc1. The predicted octanol–water partition coefficient (Wildman–Crippen LogP) is 1.59. The van der Waals surface area contributed by atoms with Crippen LogP contribution in [0.15, 0.2) is 29.4 Å². The second-order valence-corrected chi connectivity index (χ2v) is 5.90. The summed E-state index contributed by atoms with van der Waals surface area (Å²) in [6.45, 7) is 2.56. The van der Waals surface area contributed by atoms with Crippen molar-refractivity contribution in [3.63, 3.8) is 0 Å². The van der Waals surface area contributed by atoms with Crippen LogP contribution in [0.5, 0.6) is 0 Å². The Kier molecular flexibility index (Phi) is 6.30. The fraction of sp³-hybridized carbons (Fsp3) is 0.333. The van der Waals surface area contributed by atoms with Gasteiger partial charge in [0.25, 0.3) is 0 Å². The van der Waals surface area contributed by atoms with Gasteiger partial charge in [0.05, 0.1) is 5.75 Å². The van der Waals surface area contributed by atoms with Gasteiger partial charge in [0.1, 0.15) is 11.6 Å². The molecule has 3 N–H and O–H groups in total. The molecule has 0 atom stereocenters. The molecule has 1 heterocycles. The van der Waals surface area contributed by atoms with Gasteiger partial charge in [0.2, 0.25) is 11.8 Å². The van der Waals surface area contributed by atoms with Crippen LogP contribution in [-0.4, -0.2) is 32.3 Å². The highest BCUT2D eigenvalue weighted by molar-refractivity contribution is 7.99. The van der Waals surface area contributed by atoms with Crippen LogP contribution in [0.3, 0.4) is 0 Å². The molecule has 24 heavy (non-hydrogen) atoms. The molecule has 1 aromatic heterocycles. The summed E-state index contributed by atoms with van der Waals surface area (Å²) >= 11 is 1.24. The number of nitrogens with one attached hydrogen (secondary N) is 1. The number of amides is 2. The summed E-state index contributed by atoms with van der Waals surface area (Å²) in [6, 6.07) is 5.55. The molecule has 0 saturated carbocycles. The molecule has 0 spiro atoms. The number of aromatic nitrogens is 3. The van der Waals surface area contributed by atoms with Crippen LogP contribution < -0.4 is 11.1 Å². The number of rotatable bonds is 8. The van der Waals surface area contributed by atoms with E-state index in [9.17, 15) is 14.0 Å². The Morgan fingerprint density at radius 2 is 2.00 bits per heavy atom. The van der Waals surface area contributed by atoms with E-state index in [-0.39, 0.29) is 23.9 Å². The fourth-order valence-corrected chi connectivity index (χ4v) is 2.85. The molecule has 7 nitrogen and oxygen atoms in total. The van der Waals surface area contributed by atoms with Gasteiger partial charge in [0, 0.05) is 25.1 Å². The van der Waals surface area contributed by atoms with E-state index in [0.717, 1.165) is 0 Å². The number of carbonyl (C=O) groups is 2. The molecule has 0 aliphatic heterocycles. The first kappa shape index (κ1) is 17.9. The van der Waals surface area contributed by atoms with Crippen LogP contribution in [0, 0.1) is 5.82 Å². The van der Waals surface area contributed by atoms with Gasteiger partial charge >= 0.3 is 0 Å². The van der Waals surface area contributed by atoms with E-state index >= 15 is 0 Å². The van der Waals surface area contributed by atoms with Crippen molar-refractivity contribution in [2.45, 2.75) is 31.5 Å². The monoisotopic (exact) mass is 351 g/mol. The van der Waals surface area contributed by atoms with Crippen molar-refractivity contribution in [1.29, 1.82) is 0 Å². The van der Waals surface area contributed by atoms with Crippen LogP contribution in [0.4, 0.5) is 10.1 Å². The molecule has 0 bridgehead atoms. The molecule has 2 rings (SSSR count). The van der Waals surface area contributed by atoms with E-state index in [2.05, 4.69) is 15.5 Å². The minimum Gasteiger partial charge on any atom is -0.370 e. The van der Waals surface area contributed by atoms with Crippen molar-refractivity contribution < 1.29 is 14.0 Å². The second-order valence-electron chi connectivity index (χ2n) is 4.95. The van der Waals surface area contributed by atoms with E-state index < -0.39 is 5.91 Å². The van der Waals surface area contributed by atoms with Gasteiger partial charge in [0.15, 0.2) is 5.16 Å². The van der Waals surface area contributed by atoms with Gasteiger partial charge in [-0.15, -0.1) is 10.2 Å². The summed E-state index contributed by atoms with van der Waals surface area (Å²) in [5.41, 5.74) is 5.67. The van der Waals surface area contributed by atoms with E-state index in [1.54, 1.807) is 0 Å². The lowest BCUT2D eigenvalue weighted by Gasteiger charge is -2.07. The average molecular weight is 351 g/mol. The Balaban J connectivity index is 1.92. The van der Waals surface area contributed by atoms with Crippen molar-refractivity contribution in [3.8, 4) is 0 Å². The van der Waals surface area contributed by atoms with Gasteiger partial charge < -0.3 is 15.6 Å². The maximum Gasteiger partial charge on any atom is 0.234 e. The summed E-state index contributed by atoms with van der Waals surface area (Å²) in [4.78, 5) is 22.8. The first-order chi connectivity index (χ1) is 11.5. The van der Waals surface area contributed by atoms with E-state index in [1.165, 1.54) is 36.0 Å². The lowest BCUT2D eigenvalue weighted by atomic mass is 10.3. The average Bonchev–Trinajstić information content (AvgIpc) is 2.95. The number of primary amides is 1. The van der Waals surface area contributed by atoms with Crippen LogP contribution in [0.25, 0.3) is 0 Å². The van der Waals surface area contributed by atoms with Crippen molar-refractivity contribution in [2.75, 3.05) is 11.1 Å². The summed E-state index contributed by atoms with van der Waals surface area (Å²) in [5.74, 6) is -0.171. The molecule has 0 radical (unpaired) electrons. The van der Waals surface area contributed by atoms with Gasteiger partial charge in [-0.1, -0.05) is 11.8 Å². The summed E-state index contributed by atoms with van der Waals surface area (Å²) in [7, 11) is 0. The summed E-state index contributed by atoms with van der Waals surface area (Å²) in [5, 5.41) is 11.4. The van der Waals surface area contributed by atoms with Crippen LogP contribution in [0.2, 0.25) is 0 Å². The zero-order chi connectivity index (χ0) is 17.5. The standard InChI is InChI=1S/C15H18FN5O2S/c1-2-21-13(8-7-12(17)22)19-20-15(21)24-9-14(23)18-11-5-3-10(16)4-6-11/h3-6H,2,7-9H2,1H3,(H2,17,22)(H,18,23). The van der Waals surface area contributed by atoms with E-state index in [1.807, 2.05) is 11.5 Å². The Morgan fingerprint density at radius 3 is 2.62 bits per heavy atom. The zero-order valence-electron chi connectivity index (χ0n) is 13.2. The number of nitrogens with zero attached hydrogens (tertiary/aromatic N) is 3. The molecule has 128 valence electrons. The van der Waals surface area contributed by atoms with Crippen molar-refractivity contribution in [1.82, 2.24) is 14.8 Å². The number of hydrogen-bond acceptors (Lipinski definition) is 5. The van der Waals surface area contributed by atoms with Crippen LogP contribution >= 0.6 is 11.8 Å². The quantitative estimate of drug-likeness (QED) is 0.703. The number of benzene rings is 1. The number of hydrogen-bond donors (Lipinski definition) is 2. The van der Waals surface area contributed by atoms with Crippen LogP contribution in [-0.2, 0) is 22.6 Å². The normalized spacial score (nSPS) is 10.6. The topological polar surface area (TPSA) is 103 Å². The molecular formula is C15H18FN5O2S. The highest BCUT2D eigenvalue weighted by Gasteiger charge is 2.13. The molecule has 0 aliphatic rings. The largest absolute Gasteiger partial charge is 0.370 e. The van der Waals surface area contributed by atoms with Gasteiger partial charge in [-0.3, -0.25) is 9.59 Å². The minimum atomic E-state index is -0.395. The number of anilines is 1. The maximum absolute atomic E-state index is 12.8. The Hall–Kier alpha value is -2.42. The zero-order valence-corrected chi connectivity index (χ0v) is 14.0. The molecule has 0 unspecified atom stereocenters. The third-order valence-corrected chi connectivity index (χ3v) is 4.13. The molecule has 9 heteroatoms. The Morgan fingerprint density at radius 1 is 1.29 bits per heavy atom. The van der Waals surface area contributed by atoms with Gasteiger partial charge in [-0.2, -0.15) is 0 Å². The predicted molar refractivity (Wildman–Crippen MR) is 89.0 cm³/mol. The molecule has 0 saturated heterocycles. The van der Waals surface area contributed by atoms with Gasteiger partial charge in [-0.05, 0) is 31.2 Å². The second kappa shape index (κ2) is 8.44. The third-order valence-electron chi connectivity index (χ3n) is 3.17. The molecule has 0 aliphatic carbocycles. The number of carbonyl (C=O) groups excluding carboxylic acids is 2. The first-order valence-electron chi connectivity index (χ1n) is 7.38. The smallest absolute Gasteiger partial charge is 0.234 e. The maximum atomic E-state index is 12.8. The highest BCUT2D eigenvalue weighted by atomic mass is 32.2. The lowest BCUT2D eigenvalue weighted by molar-refractivity contribution is -0.118.